The number of pyridine rings is 1. The van der Waals surface area contributed by atoms with Crippen molar-refractivity contribution in [1.29, 1.82) is 0 Å². The van der Waals surface area contributed by atoms with E-state index in [2.05, 4.69) is 35.7 Å². The number of carbonyl (C=O) groups excluding carboxylic acids is 1. The molecule has 1 amide bonds. The van der Waals surface area contributed by atoms with Crippen molar-refractivity contribution < 1.29 is 19.2 Å². The van der Waals surface area contributed by atoms with E-state index in [0.717, 1.165) is 50.6 Å². The van der Waals surface area contributed by atoms with Crippen molar-refractivity contribution in [3.8, 4) is 11.4 Å². The molecule has 4 heterocycles. The fourth-order valence-electron chi connectivity index (χ4n) is 7.10. The van der Waals surface area contributed by atoms with Crippen LogP contribution in [0.25, 0.3) is 22.6 Å². The molecule has 1 saturated heterocycles. The van der Waals surface area contributed by atoms with Crippen LogP contribution in [-0.4, -0.2) is 67.0 Å². The molecule has 184 valence electrons. The van der Waals surface area contributed by atoms with Gasteiger partial charge in [-0.2, -0.15) is 4.98 Å². The number of anilines is 1. The second kappa shape index (κ2) is 7.99. The number of hydrogen-bond donors (Lipinski definition) is 4. The number of fused-ring (bicyclic) bond motifs is 1. The number of amides is 1. The lowest BCUT2D eigenvalue weighted by molar-refractivity contribution is -0.129. The topological polar surface area (TPSA) is 151 Å². The van der Waals surface area contributed by atoms with Crippen molar-refractivity contribution in [2.24, 2.45) is 17.8 Å². The van der Waals surface area contributed by atoms with Crippen LogP contribution in [0.2, 0.25) is 0 Å². The van der Waals surface area contributed by atoms with Gasteiger partial charge in [0.1, 0.15) is 5.52 Å². The zero-order valence-corrected chi connectivity index (χ0v) is 19.4. The van der Waals surface area contributed by atoms with E-state index in [0.29, 0.717) is 53.5 Å². The molecule has 5 aliphatic rings. The number of ether oxygens (including phenoxy) is 1. The molecule has 5 fully saturated rings. The van der Waals surface area contributed by atoms with E-state index in [1.807, 2.05) is 0 Å². The van der Waals surface area contributed by atoms with Gasteiger partial charge in [0.15, 0.2) is 5.65 Å². The Hall–Kier alpha value is -3.05. The Morgan fingerprint density at radius 1 is 1.14 bits per heavy atom. The van der Waals surface area contributed by atoms with Crippen LogP contribution in [0.5, 0.6) is 0 Å². The highest BCUT2D eigenvalue weighted by Crippen LogP contribution is 2.56. The quantitative estimate of drug-likeness (QED) is 0.432. The third-order valence-corrected chi connectivity index (χ3v) is 8.42. The van der Waals surface area contributed by atoms with Gasteiger partial charge in [0, 0.05) is 31.5 Å². The first-order chi connectivity index (χ1) is 17.0. The Bertz CT molecular complexity index is 1250. The molecule has 4 N–H and O–H groups in total. The normalized spacial score (nSPS) is 32.3. The predicted molar refractivity (Wildman–Crippen MR) is 124 cm³/mol. The number of H-pyrrole nitrogens is 1. The lowest BCUT2D eigenvalue weighted by atomic mass is 9.52. The van der Waals surface area contributed by atoms with Gasteiger partial charge >= 0.3 is 11.8 Å². The number of hydrogen-bond acceptors (Lipinski definition) is 9. The van der Waals surface area contributed by atoms with Gasteiger partial charge in [-0.25, -0.2) is 9.97 Å². The molecule has 4 bridgehead atoms. The molecule has 8 rings (SSSR count). The second-order valence-electron chi connectivity index (χ2n) is 10.8. The van der Waals surface area contributed by atoms with Gasteiger partial charge < -0.3 is 30.0 Å². The maximum absolute atomic E-state index is 12.7. The van der Waals surface area contributed by atoms with Gasteiger partial charge in [-0.05, 0) is 62.7 Å². The summed E-state index contributed by atoms with van der Waals surface area (Å²) in [5.74, 6) is 1.28. The van der Waals surface area contributed by atoms with Gasteiger partial charge in [-0.3, -0.25) is 4.79 Å². The van der Waals surface area contributed by atoms with Crippen molar-refractivity contribution >= 4 is 22.8 Å². The Morgan fingerprint density at radius 2 is 1.94 bits per heavy atom. The molecule has 1 aliphatic heterocycles. The second-order valence-corrected chi connectivity index (χ2v) is 10.8. The number of aromatic amines is 1. The number of carbonyl (C=O) groups is 1. The molecule has 3 aromatic rings. The summed E-state index contributed by atoms with van der Waals surface area (Å²) in [7, 11) is 0. The number of nitrogens with one attached hydrogen (secondary N) is 3. The third kappa shape index (κ3) is 3.68. The molecule has 35 heavy (non-hydrogen) atoms. The predicted octanol–water partition coefficient (Wildman–Crippen LogP) is 2.27. The summed E-state index contributed by atoms with van der Waals surface area (Å²) in [5, 5.41) is 21.8. The van der Waals surface area contributed by atoms with E-state index < -0.39 is 5.60 Å². The van der Waals surface area contributed by atoms with Crippen LogP contribution in [0.1, 0.15) is 55.6 Å². The van der Waals surface area contributed by atoms with Crippen LogP contribution < -0.4 is 10.6 Å². The number of imidazole rings is 1. The highest BCUT2D eigenvalue weighted by Gasteiger charge is 2.54. The van der Waals surface area contributed by atoms with E-state index in [-0.39, 0.29) is 23.9 Å². The van der Waals surface area contributed by atoms with Gasteiger partial charge in [0.2, 0.25) is 5.82 Å². The standard InChI is InChI=1S/C24H29N7O4/c32-22(28-15-1-3-34-4-2-15)23-30-20(31-35-23)16-10-25-21-19(26-11-27-21)18(16)29-17-13-5-12-6-14(17)9-24(33,7-12)8-13/h10-15,17,33H,1-9H2,(H,28,32)(H2,25,26,27,29)/t12?,13-,14+,17+,24-. The van der Waals surface area contributed by atoms with Crippen LogP contribution in [0.3, 0.4) is 0 Å². The zero-order chi connectivity index (χ0) is 23.6. The molecule has 11 nitrogen and oxygen atoms in total. The minimum absolute atomic E-state index is 0.0395. The molecule has 0 aromatic carbocycles. The summed E-state index contributed by atoms with van der Waals surface area (Å²) < 4.78 is 10.7. The molecule has 11 heteroatoms. The first-order valence-electron chi connectivity index (χ1n) is 12.6. The van der Waals surface area contributed by atoms with Crippen LogP contribution >= 0.6 is 0 Å². The number of rotatable bonds is 5. The average molecular weight is 480 g/mol. The number of nitrogens with zero attached hydrogens (tertiary/aromatic N) is 4. The van der Waals surface area contributed by atoms with E-state index in [1.165, 1.54) is 0 Å². The molecule has 4 aliphatic carbocycles. The Labute approximate surface area is 201 Å². The minimum atomic E-state index is -0.502. The smallest absolute Gasteiger partial charge is 0.316 e. The molecule has 5 atom stereocenters. The van der Waals surface area contributed by atoms with E-state index >= 15 is 0 Å². The van der Waals surface area contributed by atoms with Gasteiger partial charge in [0.25, 0.3) is 0 Å². The van der Waals surface area contributed by atoms with Crippen molar-refractivity contribution in [1.82, 2.24) is 30.4 Å². The van der Waals surface area contributed by atoms with Gasteiger partial charge in [0.05, 0.1) is 23.2 Å². The van der Waals surface area contributed by atoms with Crippen molar-refractivity contribution in [2.75, 3.05) is 18.5 Å². The summed E-state index contributed by atoms with van der Waals surface area (Å²) in [6.45, 7) is 1.26. The maximum atomic E-state index is 12.7. The SMILES string of the molecule is O=C(NC1CCOCC1)c1nc(-c2cnc3[nH]cnc3c2N[C@H]2[C@@H]3CC4C[C@H]2C[C@@](O)(C4)C3)no1. The maximum Gasteiger partial charge on any atom is 0.316 e. The largest absolute Gasteiger partial charge is 0.390 e. The lowest BCUT2D eigenvalue weighted by Crippen LogP contribution is -2.59. The van der Waals surface area contributed by atoms with Gasteiger partial charge in [-0.1, -0.05) is 5.16 Å². The van der Waals surface area contributed by atoms with Crippen molar-refractivity contribution in [3.63, 3.8) is 0 Å². The van der Waals surface area contributed by atoms with Crippen molar-refractivity contribution in [3.05, 3.63) is 18.4 Å². The molecular formula is C24H29N7O4. The summed E-state index contributed by atoms with van der Waals surface area (Å²) in [5.41, 5.74) is 2.30. The van der Waals surface area contributed by atoms with E-state index in [4.69, 9.17) is 9.26 Å². The number of aromatic nitrogens is 5. The molecule has 4 saturated carbocycles. The zero-order valence-electron chi connectivity index (χ0n) is 19.4. The Kier molecular flexibility index (Phi) is 4.85. The number of aliphatic hydroxyl groups is 1. The van der Waals surface area contributed by atoms with Crippen LogP contribution in [0.15, 0.2) is 17.0 Å². The minimum Gasteiger partial charge on any atom is -0.390 e. The Morgan fingerprint density at radius 3 is 2.71 bits per heavy atom. The van der Waals surface area contributed by atoms with Gasteiger partial charge in [-0.15, -0.1) is 0 Å². The fraction of sp³-hybridized carbons (Fsp3) is 0.625. The van der Waals surface area contributed by atoms with E-state index in [1.54, 1.807) is 12.5 Å². The van der Waals surface area contributed by atoms with E-state index in [9.17, 15) is 9.90 Å². The first-order valence-corrected chi connectivity index (χ1v) is 12.6. The Balaban J connectivity index is 1.19. The molecule has 1 unspecified atom stereocenters. The fourth-order valence-corrected chi connectivity index (χ4v) is 7.10. The summed E-state index contributed by atoms with van der Waals surface area (Å²) in [4.78, 5) is 29.2. The summed E-state index contributed by atoms with van der Waals surface area (Å²) >= 11 is 0. The highest BCUT2D eigenvalue weighted by atomic mass is 16.5. The molecule has 0 spiro atoms. The monoisotopic (exact) mass is 479 g/mol. The van der Waals surface area contributed by atoms with Crippen LogP contribution in [-0.2, 0) is 4.74 Å². The molecular weight excluding hydrogens is 450 g/mol. The lowest BCUT2D eigenvalue weighted by Gasteiger charge is -2.58. The molecule has 0 radical (unpaired) electrons. The molecule has 3 aromatic heterocycles. The van der Waals surface area contributed by atoms with Crippen LogP contribution in [0.4, 0.5) is 5.69 Å². The summed E-state index contributed by atoms with van der Waals surface area (Å²) in [6.07, 6.45) is 9.73. The van der Waals surface area contributed by atoms with Crippen molar-refractivity contribution in [2.45, 2.75) is 62.6 Å². The summed E-state index contributed by atoms with van der Waals surface area (Å²) in [6, 6.07) is 0.272. The highest BCUT2D eigenvalue weighted by molar-refractivity contribution is 5.95. The third-order valence-electron chi connectivity index (χ3n) is 8.42. The van der Waals surface area contributed by atoms with Crippen LogP contribution in [0, 0.1) is 17.8 Å². The average Bonchev–Trinajstić information content (AvgIpc) is 3.51. The first kappa shape index (κ1) is 21.3.